The molecule has 0 saturated heterocycles. The Morgan fingerprint density at radius 2 is 1.90 bits per heavy atom. The highest BCUT2D eigenvalue weighted by Gasteiger charge is 2.07. The van der Waals surface area contributed by atoms with Crippen molar-refractivity contribution < 1.29 is 9.21 Å². The average Bonchev–Trinajstić information content (AvgIpc) is 2.77. The fourth-order valence-corrected chi connectivity index (χ4v) is 2.87. The molecular weight excluding hydrogens is 282 g/mol. The number of carbonyl (C=O) groups excluding carboxylic acids is 1. The zero-order valence-electron chi connectivity index (χ0n) is 12.7. The predicted octanol–water partition coefficient (Wildman–Crippen LogP) is 3.75. The first-order valence-corrected chi connectivity index (χ1v) is 8.16. The van der Waals surface area contributed by atoms with Gasteiger partial charge in [0.25, 0.3) is 0 Å². The highest BCUT2D eigenvalue weighted by Crippen LogP contribution is 2.14. The lowest BCUT2D eigenvalue weighted by Gasteiger charge is -2.05. The van der Waals surface area contributed by atoms with Gasteiger partial charge in [0.05, 0.1) is 5.75 Å². The van der Waals surface area contributed by atoms with Gasteiger partial charge in [-0.25, -0.2) is 0 Å². The lowest BCUT2D eigenvalue weighted by molar-refractivity contribution is -0.118. The summed E-state index contributed by atoms with van der Waals surface area (Å²) in [6, 6.07) is 10.4. The Bertz CT molecular complexity index is 602. The number of benzene rings is 1. The second-order valence-electron chi connectivity index (χ2n) is 5.19. The molecule has 4 heteroatoms. The lowest BCUT2D eigenvalue weighted by Crippen LogP contribution is -2.24. The monoisotopic (exact) mass is 303 g/mol. The van der Waals surface area contributed by atoms with Crippen molar-refractivity contribution in [2.24, 2.45) is 0 Å². The molecule has 1 aromatic heterocycles. The molecule has 112 valence electrons. The minimum absolute atomic E-state index is 0.0605. The number of thioether (sulfide) groups is 1. The molecule has 0 unspecified atom stereocenters. The fraction of sp³-hybridized carbons (Fsp3) is 0.353. The first-order valence-electron chi connectivity index (χ1n) is 7.00. The number of amides is 1. The minimum Gasteiger partial charge on any atom is -0.466 e. The smallest absolute Gasteiger partial charge is 0.230 e. The van der Waals surface area contributed by atoms with Gasteiger partial charge in [0.15, 0.2) is 0 Å². The van der Waals surface area contributed by atoms with Crippen molar-refractivity contribution in [1.29, 1.82) is 0 Å². The van der Waals surface area contributed by atoms with Crippen LogP contribution < -0.4 is 5.32 Å². The SMILES string of the molecule is Cc1ccc(CSCC(=O)NCc2cc(C)oc2C)cc1. The summed E-state index contributed by atoms with van der Waals surface area (Å²) in [5.74, 6) is 3.15. The number of hydrogen-bond donors (Lipinski definition) is 1. The van der Waals surface area contributed by atoms with Gasteiger partial charge >= 0.3 is 0 Å². The van der Waals surface area contributed by atoms with E-state index in [4.69, 9.17) is 4.42 Å². The van der Waals surface area contributed by atoms with Crippen molar-refractivity contribution in [2.45, 2.75) is 33.1 Å². The zero-order valence-corrected chi connectivity index (χ0v) is 13.5. The normalized spacial score (nSPS) is 10.6. The predicted molar refractivity (Wildman–Crippen MR) is 87.4 cm³/mol. The fourth-order valence-electron chi connectivity index (χ4n) is 2.05. The summed E-state index contributed by atoms with van der Waals surface area (Å²) < 4.78 is 5.44. The minimum atomic E-state index is 0.0605. The van der Waals surface area contributed by atoms with Crippen molar-refractivity contribution in [3.05, 3.63) is 58.5 Å². The van der Waals surface area contributed by atoms with Gasteiger partial charge in [-0.05, 0) is 32.4 Å². The van der Waals surface area contributed by atoms with Gasteiger partial charge in [0, 0.05) is 17.9 Å². The van der Waals surface area contributed by atoms with E-state index in [0.29, 0.717) is 12.3 Å². The average molecular weight is 303 g/mol. The summed E-state index contributed by atoms with van der Waals surface area (Å²) in [4.78, 5) is 11.8. The molecule has 1 heterocycles. The molecule has 1 amide bonds. The molecule has 3 nitrogen and oxygen atoms in total. The maximum Gasteiger partial charge on any atom is 0.230 e. The van der Waals surface area contributed by atoms with E-state index in [2.05, 4.69) is 36.5 Å². The van der Waals surface area contributed by atoms with E-state index in [-0.39, 0.29) is 5.91 Å². The van der Waals surface area contributed by atoms with E-state index in [1.165, 1.54) is 11.1 Å². The highest BCUT2D eigenvalue weighted by atomic mass is 32.2. The Kier molecular flexibility index (Phi) is 5.51. The van der Waals surface area contributed by atoms with Gasteiger partial charge in [-0.2, -0.15) is 0 Å². The van der Waals surface area contributed by atoms with Crippen LogP contribution in [0, 0.1) is 20.8 Å². The van der Waals surface area contributed by atoms with Crippen molar-refractivity contribution in [1.82, 2.24) is 5.32 Å². The number of hydrogen-bond acceptors (Lipinski definition) is 3. The summed E-state index contributed by atoms with van der Waals surface area (Å²) in [7, 11) is 0. The van der Waals surface area contributed by atoms with Crippen molar-refractivity contribution in [3.63, 3.8) is 0 Å². The van der Waals surface area contributed by atoms with Gasteiger partial charge in [-0.3, -0.25) is 4.79 Å². The third-order valence-electron chi connectivity index (χ3n) is 3.24. The maximum atomic E-state index is 11.8. The van der Waals surface area contributed by atoms with E-state index >= 15 is 0 Å². The molecule has 0 atom stereocenters. The Morgan fingerprint density at radius 3 is 2.52 bits per heavy atom. The van der Waals surface area contributed by atoms with Crippen LogP contribution in [0.1, 0.15) is 28.2 Å². The van der Waals surface area contributed by atoms with E-state index in [1.807, 2.05) is 19.9 Å². The van der Waals surface area contributed by atoms with E-state index in [1.54, 1.807) is 11.8 Å². The van der Waals surface area contributed by atoms with E-state index < -0.39 is 0 Å². The molecule has 2 rings (SSSR count). The summed E-state index contributed by atoms with van der Waals surface area (Å²) in [6.07, 6.45) is 0. The summed E-state index contributed by atoms with van der Waals surface area (Å²) in [5.41, 5.74) is 3.55. The third-order valence-corrected chi connectivity index (χ3v) is 4.25. The van der Waals surface area contributed by atoms with Gasteiger partial charge < -0.3 is 9.73 Å². The topological polar surface area (TPSA) is 42.2 Å². The summed E-state index contributed by atoms with van der Waals surface area (Å²) in [5, 5.41) is 2.93. The van der Waals surface area contributed by atoms with Crippen LogP contribution in [0.2, 0.25) is 0 Å². The Morgan fingerprint density at radius 1 is 1.19 bits per heavy atom. The molecule has 0 fully saturated rings. The Balaban J connectivity index is 1.70. The molecule has 0 aliphatic heterocycles. The third kappa shape index (κ3) is 4.97. The number of nitrogens with one attached hydrogen (secondary N) is 1. The zero-order chi connectivity index (χ0) is 15.2. The van der Waals surface area contributed by atoms with Crippen LogP contribution >= 0.6 is 11.8 Å². The van der Waals surface area contributed by atoms with Crippen LogP contribution in [0.5, 0.6) is 0 Å². The molecule has 2 aromatic rings. The molecule has 0 radical (unpaired) electrons. The highest BCUT2D eigenvalue weighted by molar-refractivity contribution is 7.99. The van der Waals surface area contributed by atoms with Crippen molar-refractivity contribution >= 4 is 17.7 Å². The summed E-state index contributed by atoms with van der Waals surface area (Å²) >= 11 is 1.63. The second-order valence-corrected chi connectivity index (χ2v) is 6.18. The van der Waals surface area contributed by atoms with Crippen LogP contribution in [-0.2, 0) is 17.1 Å². The molecule has 0 spiro atoms. The molecule has 21 heavy (non-hydrogen) atoms. The van der Waals surface area contributed by atoms with Crippen LogP contribution in [0.25, 0.3) is 0 Å². The van der Waals surface area contributed by atoms with Gasteiger partial charge in [0.2, 0.25) is 5.91 Å². The number of rotatable bonds is 6. The van der Waals surface area contributed by atoms with Crippen LogP contribution in [-0.4, -0.2) is 11.7 Å². The van der Waals surface area contributed by atoms with Gasteiger partial charge in [0.1, 0.15) is 11.5 Å². The maximum absolute atomic E-state index is 11.8. The van der Waals surface area contributed by atoms with E-state index in [0.717, 1.165) is 22.8 Å². The largest absolute Gasteiger partial charge is 0.466 e. The van der Waals surface area contributed by atoms with Crippen LogP contribution in [0.15, 0.2) is 34.7 Å². The molecule has 1 aromatic carbocycles. The van der Waals surface area contributed by atoms with Gasteiger partial charge in [-0.15, -0.1) is 11.8 Å². The molecule has 0 aliphatic carbocycles. The first-order chi connectivity index (χ1) is 10.0. The second kappa shape index (κ2) is 7.36. The van der Waals surface area contributed by atoms with Gasteiger partial charge in [-0.1, -0.05) is 29.8 Å². The molecule has 0 bridgehead atoms. The summed E-state index contributed by atoms with van der Waals surface area (Å²) in [6.45, 7) is 6.44. The van der Waals surface area contributed by atoms with Crippen molar-refractivity contribution in [3.8, 4) is 0 Å². The quantitative estimate of drug-likeness (QED) is 0.883. The number of aryl methyl sites for hydroxylation is 3. The van der Waals surface area contributed by atoms with Crippen LogP contribution in [0.4, 0.5) is 0 Å². The van der Waals surface area contributed by atoms with Crippen molar-refractivity contribution in [2.75, 3.05) is 5.75 Å². The molecule has 0 saturated carbocycles. The standard InChI is InChI=1S/C17H21NO2S/c1-12-4-6-15(7-5-12)10-21-11-17(19)18-9-16-8-13(2)20-14(16)3/h4-8H,9-11H2,1-3H3,(H,18,19). The first kappa shape index (κ1) is 15.7. The Labute approximate surface area is 130 Å². The van der Waals surface area contributed by atoms with Crippen LogP contribution in [0.3, 0.4) is 0 Å². The number of furan rings is 1. The lowest BCUT2D eigenvalue weighted by atomic mass is 10.2. The molecule has 0 aliphatic rings. The number of carbonyl (C=O) groups is 1. The molecular formula is C17H21NO2S. The molecule has 1 N–H and O–H groups in total. The van der Waals surface area contributed by atoms with E-state index in [9.17, 15) is 4.79 Å². The Hall–Kier alpha value is -1.68.